The third kappa shape index (κ3) is 11.3. The summed E-state index contributed by atoms with van der Waals surface area (Å²) in [5, 5.41) is 8.98. The van der Waals surface area contributed by atoms with Crippen molar-refractivity contribution in [2.45, 2.75) is 0 Å². The first-order valence-corrected chi connectivity index (χ1v) is 39.1. The summed E-state index contributed by atoms with van der Waals surface area (Å²) in [6, 6.07) is 128. The molecule has 0 saturated heterocycles. The zero-order valence-corrected chi connectivity index (χ0v) is 61.6. The Hall–Kier alpha value is -14.4. The maximum Gasteiger partial charge on any atom is 0.164 e. The van der Waals surface area contributed by atoms with Crippen molar-refractivity contribution in [2.24, 2.45) is 0 Å². The van der Waals surface area contributed by atoms with Crippen molar-refractivity contribution in [3.05, 3.63) is 364 Å². The van der Waals surface area contributed by atoms with Crippen LogP contribution in [0, 0.1) is 0 Å². The second-order valence-electron chi connectivity index (χ2n) is 28.3. The Bertz CT molecular complexity index is 7470. The van der Waals surface area contributed by atoms with Gasteiger partial charge >= 0.3 is 0 Å². The van der Waals surface area contributed by atoms with E-state index in [2.05, 4.69) is 328 Å². The van der Waals surface area contributed by atoms with Crippen LogP contribution in [-0.4, -0.2) is 29.9 Å². The highest BCUT2D eigenvalue weighted by molar-refractivity contribution is 7.26. The monoisotopic (exact) mass is 1460 g/mol. The van der Waals surface area contributed by atoms with Gasteiger partial charge in [-0.3, -0.25) is 0 Å². The van der Waals surface area contributed by atoms with Gasteiger partial charge in [0.25, 0.3) is 0 Å². The number of rotatable bonds is 13. The molecule has 0 aliphatic heterocycles. The van der Waals surface area contributed by atoms with Crippen molar-refractivity contribution in [2.75, 3.05) is 0 Å². The van der Waals surface area contributed by atoms with Gasteiger partial charge in [-0.2, -0.15) is 0 Å². The van der Waals surface area contributed by atoms with E-state index >= 15 is 0 Å². The lowest BCUT2D eigenvalue weighted by molar-refractivity contribution is 0.669. The normalized spacial score (nSPS) is 11.8. The fourth-order valence-corrected chi connectivity index (χ4v) is 18.7. The van der Waals surface area contributed by atoms with Crippen molar-refractivity contribution in [3.63, 3.8) is 0 Å². The van der Waals surface area contributed by atoms with Gasteiger partial charge in [0, 0.05) is 112 Å². The summed E-state index contributed by atoms with van der Waals surface area (Å²) >= 11 is 3.59. The smallest absolute Gasteiger partial charge is 0.164 e. The lowest BCUT2D eigenvalue weighted by atomic mass is 9.93. The van der Waals surface area contributed by atoms with Crippen LogP contribution < -0.4 is 0 Å². The summed E-state index contributed by atoms with van der Waals surface area (Å²) in [6.45, 7) is 0. The summed E-state index contributed by atoms with van der Waals surface area (Å²) < 4.78 is 18.6. The second kappa shape index (κ2) is 26.8. The molecular weight excluding hydrogens is 1410 g/mol. The molecule has 0 aliphatic rings. The zero-order chi connectivity index (χ0) is 73.7. The largest absolute Gasteiger partial charge is 0.456 e. The minimum atomic E-state index is 0.564. The molecule has 0 radical (unpaired) electrons. The van der Waals surface area contributed by atoms with Crippen molar-refractivity contribution in [1.82, 2.24) is 29.9 Å². The van der Waals surface area contributed by atoms with Crippen LogP contribution in [0.1, 0.15) is 0 Å². The number of furan rings is 2. The SMILES string of the molecule is c1ccc(-c2ccc(-c3nc(-c4cccc(-c5ccc6c(c5)oc5c(-c7ccccc7)ccc(-c7cccc8c7sc7cc(-c9nc(-c%10ccccc%10)nc(-c%10ccc(-c%11ccccc%11)cc%10)n9)ccc78)c56)c4)nc(-c4ccc5c(c4)sc4c(-c6cc(-c7ccccc7)cc7oc8ccccc8c67)cccc45)n3)cc2)cc1. The Morgan fingerprint density at radius 2 is 0.536 bits per heavy atom. The number of aromatic nitrogens is 6. The lowest BCUT2D eigenvalue weighted by Crippen LogP contribution is -2.00. The van der Waals surface area contributed by atoms with Crippen LogP contribution in [0.15, 0.2) is 373 Å². The number of nitrogens with zero attached hydrogens (tertiary/aromatic N) is 6. The summed E-state index contributed by atoms with van der Waals surface area (Å²) in [5.41, 5.74) is 24.1. The fraction of sp³-hybridized carbons (Fsp3) is 0. The summed E-state index contributed by atoms with van der Waals surface area (Å²) in [7, 11) is 0. The van der Waals surface area contributed by atoms with Crippen LogP contribution in [0.3, 0.4) is 0 Å². The Morgan fingerprint density at radius 1 is 0.179 bits per heavy atom. The van der Waals surface area contributed by atoms with Crippen LogP contribution in [0.2, 0.25) is 0 Å². The molecule has 6 heterocycles. The molecule has 22 rings (SSSR count). The number of hydrogen-bond donors (Lipinski definition) is 0. The molecule has 0 fully saturated rings. The van der Waals surface area contributed by atoms with Gasteiger partial charge in [0.1, 0.15) is 22.3 Å². The summed E-state index contributed by atoms with van der Waals surface area (Å²) in [5.74, 6) is 3.57. The first kappa shape index (κ1) is 64.7. The molecular formula is C102H60N6O2S2. The van der Waals surface area contributed by atoms with Crippen molar-refractivity contribution >= 4 is 107 Å². The summed E-state index contributed by atoms with van der Waals surface area (Å²) in [6.07, 6.45) is 0. The molecule has 112 heavy (non-hydrogen) atoms. The number of fused-ring (bicyclic) bond motifs is 12. The maximum absolute atomic E-state index is 7.27. The van der Waals surface area contributed by atoms with E-state index in [1.54, 1.807) is 22.7 Å². The molecule has 522 valence electrons. The Morgan fingerprint density at radius 3 is 1.09 bits per heavy atom. The van der Waals surface area contributed by atoms with E-state index in [4.69, 9.17) is 38.7 Å². The molecule has 8 nitrogen and oxygen atoms in total. The molecule has 0 amide bonds. The number of thiophene rings is 2. The molecule has 6 aromatic heterocycles. The van der Waals surface area contributed by atoms with E-state index in [0.29, 0.717) is 34.9 Å². The topological polar surface area (TPSA) is 104 Å². The van der Waals surface area contributed by atoms with E-state index in [1.807, 2.05) is 36.4 Å². The molecule has 0 saturated carbocycles. The van der Waals surface area contributed by atoms with Crippen molar-refractivity contribution < 1.29 is 8.83 Å². The molecule has 16 aromatic carbocycles. The highest BCUT2D eigenvalue weighted by atomic mass is 32.1. The molecule has 22 aromatic rings. The lowest BCUT2D eigenvalue weighted by Gasteiger charge is -2.10. The highest BCUT2D eigenvalue weighted by Gasteiger charge is 2.25. The third-order valence-corrected chi connectivity index (χ3v) is 24.0. The number of para-hydroxylation sites is 1. The molecule has 0 spiro atoms. The van der Waals surface area contributed by atoms with Gasteiger partial charge in [0.15, 0.2) is 34.9 Å². The predicted octanol–water partition coefficient (Wildman–Crippen LogP) is 28.3. The Kier molecular flexibility index (Phi) is 15.5. The van der Waals surface area contributed by atoms with Crippen LogP contribution in [-0.2, 0) is 0 Å². The van der Waals surface area contributed by atoms with Crippen LogP contribution in [0.4, 0.5) is 0 Å². The number of hydrogen-bond acceptors (Lipinski definition) is 10. The van der Waals surface area contributed by atoms with Crippen molar-refractivity contribution in [3.8, 4) is 146 Å². The summed E-state index contributed by atoms with van der Waals surface area (Å²) in [4.78, 5) is 31.5. The number of benzene rings is 16. The minimum Gasteiger partial charge on any atom is -0.456 e. The van der Waals surface area contributed by atoms with E-state index in [9.17, 15) is 0 Å². The van der Waals surface area contributed by atoms with Gasteiger partial charge in [-0.25, -0.2) is 29.9 Å². The predicted molar refractivity (Wildman–Crippen MR) is 464 cm³/mol. The second-order valence-corrected chi connectivity index (χ2v) is 30.4. The van der Waals surface area contributed by atoms with E-state index < -0.39 is 0 Å². The van der Waals surface area contributed by atoms with Gasteiger partial charge < -0.3 is 8.83 Å². The maximum atomic E-state index is 7.27. The van der Waals surface area contributed by atoms with Crippen molar-refractivity contribution in [1.29, 1.82) is 0 Å². The van der Waals surface area contributed by atoms with Gasteiger partial charge in [0.05, 0.1) is 0 Å². The third-order valence-electron chi connectivity index (χ3n) is 21.6. The first-order valence-electron chi connectivity index (χ1n) is 37.4. The van der Waals surface area contributed by atoms with Gasteiger partial charge in [-0.1, -0.05) is 309 Å². The van der Waals surface area contributed by atoms with E-state index in [-0.39, 0.29) is 0 Å². The van der Waals surface area contributed by atoms with Gasteiger partial charge in [-0.15, -0.1) is 22.7 Å². The standard InChI is InChI=1S/C102H60N6O2S2/c1-6-21-61(22-7-1)64-39-43-68(44-40-64)98-103-97(67-29-14-5-15-30-67)104-101(106-98)73-48-50-77-80-34-19-36-82(95(80)111-90(77)59-73)79-54-53-76(66-27-12-4-13-28-66)94-93(79)85-52-47-71(57-88(85)110-94)70-31-18-32-72(55-70)100-105-99(69-45-41-65(42-46-69)62-23-8-2-9-24-62)107-102(108-100)74-49-51-78-81-35-20-37-83(96(81)112-91(78)60-74)86-56-75(63-25-10-3-11-26-63)58-89-92(86)84-33-16-17-38-87(84)109-89/h1-60H. The minimum absolute atomic E-state index is 0.564. The van der Waals surface area contributed by atoms with Gasteiger partial charge in [-0.05, 0) is 116 Å². The zero-order valence-electron chi connectivity index (χ0n) is 60.0. The average Bonchev–Trinajstić information content (AvgIpc) is 1.57. The molecule has 0 aliphatic carbocycles. The molecule has 0 unspecified atom stereocenters. The average molecular weight is 1470 g/mol. The molecule has 10 heteroatoms. The Balaban J connectivity index is 0.641. The van der Waals surface area contributed by atoms with Gasteiger partial charge in [0.2, 0.25) is 0 Å². The first-order chi connectivity index (χ1) is 55.4. The van der Waals surface area contributed by atoms with Crippen LogP contribution in [0.5, 0.6) is 0 Å². The fourth-order valence-electron chi connectivity index (χ4n) is 16.1. The van der Waals surface area contributed by atoms with Crippen LogP contribution >= 0.6 is 22.7 Å². The molecule has 0 bridgehead atoms. The van der Waals surface area contributed by atoms with E-state index in [1.165, 1.54) is 30.9 Å². The van der Waals surface area contributed by atoms with Crippen LogP contribution in [0.25, 0.3) is 230 Å². The van der Waals surface area contributed by atoms with E-state index in [0.717, 1.165) is 165 Å². The Labute approximate surface area is 651 Å². The molecule has 0 atom stereocenters. The quantitative estimate of drug-likeness (QED) is 0.112. The molecule has 0 N–H and O–H groups in total. The highest BCUT2D eigenvalue weighted by Crippen LogP contribution is 2.50.